The fourth-order valence-corrected chi connectivity index (χ4v) is 3.16. The van der Waals surface area contributed by atoms with Crippen LogP contribution in [0.4, 0.5) is 0 Å². The summed E-state index contributed by atoms with van der Waals surface area (Å²) >= 11 is 0. The smallest absolute Gasteiger partial charge is 0.253 e. The van der Waals surface area contributed by atoms with E-state index in [1.807, 2.05) is 13.0 Å². The first-order chi connectivity index (χ1) is 10.0. The molecule has 2 N–H and O–H groups in total. The van der Waals surface area contributed by atoms with Gasteiger partial charge < -0.3 is 15.2 Å². The van der Waals surface area contributed by atoms with E-state index in [-0.39, 0.29) is 5.91 Å². The Balaban J connectivity index is 1.90. The molecule has 0 aliphatic carbocycles. The Morgan fingerprint density at radius 3 is 2.57 bits per heavy atom. The van der Waals surface area contributed by atoms with Crippen molar-refractivity contribution >= 4 is 5.91 Å². The number of amides is 1. The normalized spacial score (nSPS) is 16.4. The second-order valence-electron chi connectivity index (χ2n) is 6.10. The quantitative estimate of drug-likeness (QED) is 0.860. The Hall–Kier alpha value is -1.33. The highest BCUT2D eigenvalue weighted by atomic mass is 16.1. The second-order valence-corrected chi connectivity index (χ2v) is 6.10. The number of aryl methyl sites for hydroxylation is 1. The molecule has 1 fully saturated rings. The molecule has 21 heavy (non-hydrogen) atoms. The standard InChI is InChI=1S/C16H28N4O/c1-12(2)20-13(3)11-15(14(20)4)16(21)18-7-10-19-8-5-17-6-9-19/h11-12,17H,5-10H2,1-4H3,(H,18,21). The van der Waals surface area contributed by atoms with Crippen LogP contribution in [0, 0.1) is 13.8 Å². The number of hydrogen-bond donors (Lipinski definition) is 2. The van der Waals surface area contributed by atoms with E-state index in [9.17, 15) is 4.79 Å². The number of carbonyl (C=O) groups is 1. The monoisotopic (exact) mass is 292 g/mol. The van der Waals surface area contributed by atoms with Gasteiger partial charge in [0.15, 0.2) is 0 Å². The Morgan fingerprint density at radius 1 is 1.33 bits per heavy atom. The van der Waals surface area contributed by atoms with Crippen molar-refractivity contribution in [2.24, 2.45) is 0 Å². The zero-order valence-electron chi connectivity index (χ0n) is 13.7. The predicted molar refractivity (Wildman–Crippen MR) is 85.9 cm³/mol. The zero-order chi connectivity index (χ0) is 15.4. The molecule has 118 valence electrons. The van der Waals surface area contributed by atoms with E-state index in [0.29, 0.717) is 12.6 Å². The molecule has 0 spiro atoms. The molecular weight excluding hydrogens is 264 g/mol. The maximum Gasteiger partial charge on any atom is 0.253 e. The highest BCUT2D eigenvalue weighted by Crippen LogP contribution is 2.19. The Bertz CT molecular complexity index is 487. The largest absolute Gasteiger partial charge is 0.351 e. The number of hydrogen-bond acceptors (Lipinski definition) is 3. The van der Waals surface area contributed by atoms with Gasteiger partial charge in [0, 0.05) is 56.7 Å². The third-order valence-corrected chi connectivity index (χ3v) is 4.17. The first-order valence-corrected chi connectivity index (χ1v) is 7.90. The maximum absolute atomic E-state index is 12.3. The summed E-state index contributed by atoms with van der Waals surface area (Å²) in [4.78, 5) is 14.7. The van der Waals surface area contributed by atoms with Gasteiger partial charge in [0.2, 0.25) is 0 Å². The lowest BCUT2D eigenvalue weighted by Crippen LogP contribution is -2.46. The Morgan fingerprint density at radius 2 is 2.00 bits per heavy atom. The molecule has 1 aliphatic heterocycles. The van der Waals surface area contributed by atoms with Gasteiger partial charge in [-0.1, -0.05) is 0 Å². The molecule has 1 aliphatic rings. The molecule has 0 unspecified atom stereocenters. The predicted octanol–water partition coefficient (Wildman–Crippen LogP) is 1.32. The van der Waals surface area contributed by atoms with Crippen molar-refractivity contribution in [2.45, 2.75) is 33.7 Å². The lowest BCUT2D eigenvalue weighted by molar-refractivity contribution is 0.0946. The van der Waals surface area contributed by atoms with E-state index in [2.05, 4.69) is 40.9 Å². The third kappa shape index (κ3) is 3.86. The third-order valence-electron chi connectivity index (χ3n) is 4.17. The van der Waals surface area contributed by atoms with Gasteiger partial charge in [0.25, 0.3) is 5.91 Å². The number of piperazine rings is 1. The summed E-state index contributed by atoms with van der Waals surface area (Å²) in [5, 5.41) is 6.39. The van der Waals surface area contributed by atoms with Crippen LogP contribution in [0.2, 0.25) is 0 Å². The van der Waals surface area contributed by atoms with Crippen LogP contribution >= 0.6 is 0 Å². The van der Waals surface area contributed by atoms with E-state index < -0.39 is 0 Å². The molecule has 2 heterocycles. The minimum Gasteiger partial charge on any atom is -0.351 e. The Labute approximate surface area is 127 Å². The molecule has 1 aromatic rings. The van der Waals surface area contributed by atoms with Crippen molar-refractivity contribution in [3.8, 4) is 0 Å². The lowest BCUT2D eigenvalue weighted by Gasteiger charge is -2.27. The van der Waals surface area contributed by atoms with E-state index >= 15 is 0 Å². The summed E-state index contributed by atoms with van der Waals surface area (Å²) in [5.74, 6) is 0.0464. The molecule has 2 rings (SSSR count). The van der Waals surface area contributed by atoms with Crippen LogP contribution in [-0.4, -0.2) is 54.6 Å². The van der Waals surface area contributed by atoms with Gasteiger partial charge in [-0.15, -0.1) is 0 Å². The van der Waals surface area contributed by atoms with Crippen LogP contribution in [0.3, 0.4) is 0 Å². The van der Waals surface area contributed by atoms with Crippen molar-refractivity contribution < 1.29 is 4.79 Å². The summed E-state index contributed by atoms with van der Waals surface area (Å²) < 4.78 is 2.21. The minimum absolute atomic E-state index is 0.0464. The average Bonchev–Trinajstić information content (AvgIpc) is 2.75. The molecule has 0 radical (unpaired) electrons. The molecule has 5 nitrogen and oxygen atoms in total. The molecule has 0 bridgehead atoms. The molecule has 0 atom stereocenters. The SMILES string of the molecule is Cc1cc(C(=O)NCCN2CCNCC2)c(C)n1C(C)C. The van der Waals surface area contributed by atoms with Crippen LogP contribution in [0.5, 0.6) is 0 Å². The second kappa shape index (κ2) is 7.09. The molecular formula is C16H28N4O. The number of nitrogens with zero attached hydrogens (tertiary/aromatic N) is 2. The van der Waals surface area contributed by atoms with Crippen molar-refractivity contribution in [1.29, 1.82) is 0 Å². The number of rotatable bonds is 5. The van der Waals surface area contributed by atoms with Crippen LogP contribution < -0.4 is 10.6 Å². The summed E-state index contributed by atoms with van der Waals surface area (Å²) in [6.45, 7) is 14.2. The van der Waals surface area contributed by atoms with E-state index in [0.717, 1.165) is 49.7 Å². The molecule has 5 heteroatoms. The molecule has 1 saturated heterocycles. The summed E-state index contributed by atoms with van der Waals surface area (Å²) in [7, 11) is 0. The molecule has 1 aromatic heterocycles. The minimum atomic E-state index is 0.0464. The van der Waals surface area contributed by atoms with Crippen LogP contribution in [-0.2, 0) is 0 Å². The molecule has 0 aromatic carbocycles. The molecule has 0 saturated carbocycles. The number of carbonyl (C=O) groups excluding carboxylic acids is 1. The topological polar surface area (TPSA) is 49.3 Å². The van der Waals surface area contributed by atoms with Crippen molar-refractivity contribution in [3.63, 3.8) is 0 Å². The van der Waals surface area contributed by atoms with Gasteiger partial charge in [-0.25, -0.2) is 0 Å². The zero-order valence-corrected chi connectivity index (χ0v) is 13.7. The Kier molecular flexibility index (Phi) is 5.42. The maximum atomic E-state index is 12.3. The van der Waals surface area contributed by atoms with Gasteiger partial charge in [-0.3, -0.25) is 9.69 Å². The van der Waals surface area contributed by atoms with E-state index in [4.69, 9.17) is 0 Å². The van der Waals surface area contributed by atoms with Crippen molar-refractivity contribution in [2.75, 3.05) is 39.3 Å². The van der Waals surface area contributed by atoms with Gasteiger partial charge in [0.05, 0.1) is 5.56 Å². The van der Waals surface area contributed by atoms with Gasteiger partial charge in [-0.05, 0) is 33.8 Å². The van der Waals surface area contributed by atoms with Gasteiger partial charge in [0.1, 0.15) is 0 Å². The fourth-order valence-electron chi connectivity index (χ4n) is 3.16. The van der Waals surface area contributed by atoms with Gasteiger partial charge in [-0.2, -0.15) is 0 Å². The highest BCUT2D eigenvalue weighted by Gasteiger charge is 2.17. The van der Waals surface area contributed by atoms with Gasteiger partial charge >= 0.3 is 0 Å². The van der Waals surface area contributed by atoms with E-state index in [1.54, 1.807) is 0 Å². The summed E-state index contributed by atoms with van der Waals surface area (Å²) in [5.41, 5.74) is 3.01. The van der Waals surface area contributed by atoms with Crippen molar-refractivity contribution in [1.82, 2.24) is 20.1 Å². The highest BCUT2D eigenvalue weighted by molar-refractivity contribution is 5.95. The fraction of sp³-hybridized carbons (Fsp3) is 0.688. The molecule has 1 amide bonds. The van der Waals surface area contributed by atoms with Crippen LogP contribution in [0.1, 0.15) is 41.6 Å². The average molecular weight is 292 g/mol. The van der Waals surface area contributed by atoms with Crippen LogP contribution in [0.25, 0.3) is 0 Å². The lowest BCUT2D eigenvalue weighted by atomic mass is 10.2. The van der Waals surface area contributed by atoms with Crippen LogP contribution in [0.15, 0.2) is 6.07 Å². The van der Waals surface area contributed by atoms with Crippen molar-refractivity contribution in [3.05, 3.63) is 23.0 Å². The first kappa shape index (κ1) is 16.0. The van der Waals surface area contributed by atoms with E-state index in [1.165, 1.54) is 0 Å². The summed E-state index contributed by atoms with van der Waals surface area (Å²) in [6, 6.07) is 2.38. The summed E-state index contributed by atoms with van der Waals surface area (Å²) in [6.07, 6.45) is 0. The first-order valence-electron chi connectivity index (χ1n) is 7.90. The number of nitrogens with one attached hydrogen (secondary N) is 2. The number of aromatic nitrogens is 1.